The van der Waals surface area contributed by atoms with E-state index >= 15 is 0 Å². The zero-order valence-electron chi connectivity index (χ0n) is 14.3. The first kappa shape index (κ1) is 21.8. The summed E-state index contributed by atoms with van der Waals surface area (Å²) in [6.45, 7) is -0.645. The van der Waals surface area contributed by atoms with Gasteiger partial charge >= 0.3 is 11.9 Å². The second-order valence-electron chi connectivity index (χ2n) is 5.66. The van der Waals surface area contributed by atoms with Gasteiger partial charge in [0, 0.05) is 16.3 Å². The molecule has 0 bridgehead atoms. The predicted octanol–water partition coefficient (Wildman–Crippen LogP) is 3.72. The Morgan fingerprint density at radius 3 is 1.93 bits per heavy atom. The molecular formula is C19H16Cl2FNO5. The number of rotatable bonds is 8. The number of aliphatic hydroxyl groups excluding tert-OH is 1. The first-order valence-corrected chi connectivity index (χ1v) is 8.79. The molecular weight excluding hydrogens is 412 g/mol. The van der Waals surface area contributed by atoms with Crippen LogP contribution in [0.2, 0.25) is 10.0 Å². The third kappa shape index (κ3) is 6.02. The average molecular weight is 428 g/mol. The van der Waals surface area contributed by atoms with E-state index in [-0.39, 0.29) is 11.1 Å². The number of carbonyl (C=O) groups is 2. The minimum absolute atomic E-state index is 0.0805. The van der Waals surface area contributed by atoms with Crippen molar-refractivity contribution in [3.05, 3.63) is 69.7 Å². The van der Waals surface area contributed by atoms with Gasteiger partial charge < -0.3 is 20.0 Å². The van der Waals surface area contributed by atoms with Crippen LogP contribution in [-0.2, 0) is 9.47 Å². The molecule has 2 rings (SSSR count). The van der Waals surface area contributed by atoms with Gasteiger partial charge in [0.05, 0.1) is 11.1 Å². The molecule has 28 heavy (non-hydrogen) atoms. The normalized spacial score (nSPS) is 13.9. The molecule has 9 heteroatoms. The Kier molecular flexibility index (Phi) is 7.92. The fourth-order valence-corrected chi connectivity index (χ4v) is 2.41. The van der Waals surface area contributed by atoms with E-state index in [1.54, 1.807) is 0 Å². The van der Waals surface area contributed by atoms with E-state index < -0.39 is 36.9 Å². The van der Waals surface area contributed by atoms with Crippen LogP contribution in [0.3, 0.4) is 0 Å². The van der Waals surface area contributed by atoms with Gasteiger partial charge in [-0.3, -0.25) is 0 Å². The summed E-state index contributed by atoms with van der Waals surface area (Å²) < 4.78 is 23.9. The maximum atomic E-state index is 14.0. The minimum atomic E-state index is -2.10. The number of nitrogens with one attached hydrogen (secondary N) is 1. The highest BCUT2D eigenvalue weighted by molar-refractivity contribution is 6.30. The summed E-state index contributed by atoms with van der Waals surface area (Å²) in [7, 11) is 0. The Labute approximate surface area is 170 Å². The van der Waals surface area contributed by atoms with Crippen LogP contribution in [0.25, 0.3) is 0 Å². The molecule has 0 saturated heterocycles. The van der Waals surface area contributed by atoms with Crippen molar-refractivity contribution in [1.82, 2.24) is 0 Å². The molecule has 0 aromatic heterocycles. The van der Waals surface area contributed by atoms with Gasteiger partial charge in [-0.2, -0.15) is 0 Å². The number of halogens is 3. The third-order valence-electron chi connectivity index (χ3n) is 3.64. The molecule has 2 N–H and O–H groups in total. The number of aliphatic hydroxyl groups is 1. The van der Waals surface area contributed by atoms with Crippen molar-refractivity contribution in [3.8, 4) is 0 Å². The number of hydrogen-bond acceptors (Lipinski definition) is 6. The summed E-state index contributed by atoms with van der Waals surface area (Å²) in [5, 5.41) is 18.0. The molecule has 2 aromatic carbocycles. The summed E-state index contributed by atoms with van der Waals surface area (Å²) in [6, 6.07) is 11.4. The van der Waals surface area contributed by atoms with Crippen molar-refractivity contribution in [2.45, 2.75) is 18.4 Å². The van der Waals surface area contributed by atoms with Gasteiger partial charge in [0.25, 0.3) is 0 Å². The zero-order chi connectivity index (χ0) is 20.7. The van der Waals surface area contributed by atoms with Crippen LogP contribution >= 0.6 is 23.2 Å². The lowest BCUT2D eigenvalue weighted by molar-refractivity contribution is -0.0591. The molecule has 0 aliphatic heterocycles. The molecule has 1 unspecified atom stereocenters. The SMILES string of the molecule is N=C[C@@H](F)C(OC(=O)c1ccc(Cl)cc1)[C@H](O)COC(=O)c1ccc(Cl)cc1. The average Bonchev–Trinajstić information content (AvgIpc) is 2.70. The molecule has 0 radical (unpaired) electrons. The maximum Gasteiger partial charge on any atom is 0.338 e. The second-order valence-corrected chi connectivity index (χ2v) is 6.53. The first-order chi connectivity index (χ1) is 13.3. The van der Waals surface area contributed by atoms with Crippen molar-refractivity contribution in [3.63, 3.8) is 0 Å². The summed E-state index contributed by atoms with van der Waals surface area (Å²) in [6.07, 6.45) is -5.15. The molecule has 0 spiro atoms. The number of alkyl halides is 1. The van der Waals surface area contributed by atoms with Gasteiger partial charge in [0.15, 0.2) is 12.3 Å². The first-order valence-electron chi connectivity index (χ1n) is 8.03. The molecule has 0 amide bonds. The topological polar surface area (TPSA) is 96.7 Å². The lowest BCUT2D eigenvalue weighted by Gasteiger charge is -2.24. The maximum absolute atomic E-state index is 14.0. The van der Waals surface area contributed by atoms with E-state index in [0.29, 0.717) is 16.3 Å². The van der Waals surface area contributed by atoms with E-state index in [0.717, 1.165) is 0 Å². The number of ether oxygens (including phenoxy) is 2. The predicted molar refractivity (Wildman–Crippen MR) is 102 cm³/mol. The van der Waals surface area contributed by atoms with Crippen LogP contribution in [0, 0.1) is 5.41 Å². The Bertz CT molecular complexity index is 829. The smallest absolute Gasteiger partial charge is 0.338 e. The zero-order valence-corrected chi connectivity index (χ0v) is 15.9. The molecule has 2 aromatic rings. The lowest BCUT2D eigenvalue weighted by atomic mass is 10.1. The van der Waals surface area contributed by atoms with Crippen LogP contribution < -0.4 is 0 Å². The standard InChI is InChI=1S/C19H16Cl2FNO5/c20-13-5-1-11(2-6-13)18(25)27-10-16(24)17(15(22)9-23)28-19(26)12-3-7-14(21)8-4-12/h1-9,15-17,23-24H,10H2/t15-,16-,17?/m1/s1. The number of benzene rings is 2. The van der Waals surface area contributed by atoms with E-state index in [9.17, 15) is 19.1 Å². The molecule has 0 saturated carbocycles. The Morgan fingerprint density at radius 2 is 1.46 bits per heavy atom. The summed E-state index contributed by atoms with van der Waals surface area (Å²) >= 11 is 11.5. The molecule has 0 fully saturated rings. The summed E-state index contributed by atoms with van der Waals surface area (Å²) in [5.41, 5.74) is 0.257. The molecule has 0 heterocycles. The van der Waals surface area contributed by atoms with Crippen LogP contribution in [0.15, 0.2) is 48.5 Å². The van der Waals surface area contributed by atoms with Crippen molar-refractivity contribution in [2.75, 3.05) is 6.61 Å². The number of carbonyl (C=O) groups excluding carboxylic acids is 2. The highest BCUT2D eigenvalue weighted by Crippen LogP contribution is 2.16. The molecule has 0 aliphatic rings. The fraction of sp³-hybridized carbons (Fsp3) is 0.211. The van der Waals surface area contributed by atoms with Crippen LogP contribution in [0.1, 0.15) is 20.7 Å². The van der Waals surface area contributed by atoms with Crippen molar-refractivity contribution in [1.29, 1.82) is 5.41 Å². The Balaban J connectivity index is 2.01. The largest absolute Gasteiger partial charge is 0.459 e. The third-order valence-corrected chi connectivity index (χ3v) is 4.14. The van der Waals surface area contributed by atoms with Crippen molar-refractivity contribution in [2.24, 2.45) is 0 Å². The van der Waals surface area contributed by atoms with E-state index in [2.05, 4.69) is 0 Å². The van der Waals surface area contributed by atoms with Crippen LogP contribution in [0.5, 0.6) is 0 Å². The van der Waals surface area contributed by atoms with Gasteiger partial charge in [-0.25, -0.2) is 14.0 Å². The lowest BCUT2D eigenvalue weighted by Crippen LogP contribution is -2.42. The van der Waals surface area contributed by atoms with E-state index in [1.165, 1.54) is 48.5 Å². The van der Waals surface area contributed by atoms with Gasteiger partial charge in [0.1, 0.15) is 12.7 Å². The minimum Gasteiger partial charge on any atom is -0.459 e. The van der Waals surface area contributed by atoms with Crippen LogP contribution in [-0.4, -0.2) is 48.2 Å². The van der Waals surface area contributed by atoms with Gasteiger partial charge in [-0.05, 0) is 48.5 Å². The molecule has 3 atom stereocenters. The monoisotopic (exact) mass is 427 g/mol. The van der Waals surface area contributed by atoms with E-state index in [1.807, 2.05) is 0 Å². The highest BCUT2D eigenvalue weighted by Gasteiger charge is 2.32. The quantitative estimate of drug-likeness (QED) is 0.494. The Morgan fingerprint density at radius 1 is 1.00 bits per heavy atom. The van der Waals surface area contributed by atoms with Gasteiger partial charge in [0.2, 0.25) is 0 Å². The van der Waals surface area contributed by atoms with Gasteiger partial charge in [-0.15, -0.1) is 0 Å². The van der Waals surface area contributed by atoms with E-state index in [4.69, 9.17) is 38.1 Å². The van der Waals surface area contributed by atoms with Gasteiger partial charge in [-0.1, -0.05) is 23.2 Å². The molecule has 148 valence electrons. The summed E-state index contributed by atoms with van der Waals surface area (Å²) in [4.78, 5) is 24.1. The highest BCUT2D eigenvalue weighted by atomic mass is 35.5. The van der Waals surface area contributed by atoms with Crippen LogP contribution in [0.4, 0.5) is 4.39 Å². The van der Waals surface area contributed by atoms with Crippen molar-refractivity contribution < 1.29 is 28.6 Å². The second kappa shape index (κ2) is 10.2. The number of hydrogen-bond donors (Lipinski definition) is 2. The Hall–Kier alpha value is -2.48. The van der Waals surface area contributed by atoms with Crippen molar-refractivity contribution >= 4 is 41.4 Å². The fourth-order valence-electron chi connectivity index (χ4n) is 2.15. The molecule has 6 nitrogen and oxygen atoms in total. The molecule has 0 aliphatic carbocycles. The number of esters is 2. The summed E-state index contributed by atoms with van der Waals surface area (Å²) in [5.74, 6) is -1.70.